The highest BCUT2D eigenvalue weighted by Gasteiger charge is 2.31. The first-order chi connectivity index (χ1) is 11.3. The second-order valence-corrected chi connectivity index (χ2v) is 8.28. The molecule has 0 aliphatic carbocycles. The highest BCUT2D eigenvalue weighted by molar-refractivity contribution is 7.83. The number of fused-ring (bicyclic) bond motifs is 1. The van der Waals surface area contributed by atoms with E-state index in [0.29, 0.717) is 17.3 Å². The van der Waals surface area contributed by atoms with Crippen LogP contribution >= 0.6 is 0 Å². The van der Waals surface area contributed by atoms with Crippen molar-refractivity contribution >= 4 is 28.6 Å². The van der Waals surface area contributed by atoms with Crippen LogP contribution in [0.2, 0.25) is 0 Å². The minimum Gasteiger partial charge on any atom is -0.307 e. The van der Waals surface area contributed by atoms with Gasteiger partial charge in [-0.1, -0.05) is 30.3 Å². The summed E-state index contributed by atoms with van der Waals surface area (Å²) in [6.45, 7) is 6.09. The largest absolute Gasteiger partial charge is 0.307 e. The van der Waals surface area contributed by atoms with Gasteiger partial charge >= 0.3 is 0 Å². The summed E-state index contributed by atoms with van der Waals surface area (Å²) in [5, 5.41) is 7.50. The van der Waals surface area contributed by atoms with Crippen LogP contribution < -0.4 is 5.32 Å². The summed E-state index contributed by atoms with van der Waals surface area (Å²) < 4.78 is 13.6. The molecule has 0 spiro atoms. The molecule has 0 unspecified atom stereocenters. The number of hydrogen-bond donors (Lipinski definition) is 1. The van der Waals surface area contributed by atoms with E-state index in [-0.39, 0.29) is 11.4 Å². The van der Waals surface area contributed by atoms with Gasteiger partial charge < -0.3 is 5.32 Å². The van der Waals surface area contributed by atoms with Gasteiger partial charge in [0.2, 0.25) is 5.91 Å². The van der Waals surface area contributed by atoms with Crippen molar-refractivity contribution in [3.05, 3.63) is 53.2 Å². The minimum absolute atomic E-state index is 0.218. The summed E-state index contributed by atoms with van der Waals surface area (Å²) in [4.78, 5) is 12.3. The fourth-order valence-corrected chi connectivity index (χ4v) is 3.90. The van der Waals surface area contributed by atoms with Crippen LogP contribution in [0.25, 0.3) is 6.08 Å². The van der Waals surface area contributed by atoms with Gasteiger partial charge in [-0.3, -0.25) is 9.00 Å². The van der Waals surface area contributed by atoms with Crippen LogP contribution in [-0.2, 0) is 32.6 Å². The third-order valence-electron chi connectivity index (χ3n) is 3.77. The van der Waals surface area contributed by atoms with Gasteiger partial charge in [0.25, 0.3) is 0 Å². The summed E-state index contributed by atoms with van der Waals surface area (Å²) in [5.41, 5.74) is 2.41. The molecule has 126 valence electrons. The van der Waals surface area contributed by atoms with Crippen molar-refractivity contribution in [3.8, 4) is 0 Å². The SMILES string of the molecule is CC(C)(C)n1nc2c(c1NC(=O)C=Cc1ccccc1)C[S@](=O)C2. The third-order valence-corrected chi connectivity index (χ3v) is 4.98. The Labute approximate surface area is 144 Å². The summed E-state index contributed by atoms with van der Waals surface area (Å²) in [6, 6.07) is 9.65. The number of nitrogens with zero attached hydrogens (tertiary/aromatic N) is 2. The molecule has 1 aliphatic heterocycles. The van der Waals surface area contributed by atoms with Crippen molar-refractivity contribution in [2.24, 2.45) is 0 Å². The van der Waals surface area contributed by atoms with Gasteiger partial charge in [-0.2, -0.15) is 5.10 Å². The molecule has 0 saturated carbocycles. The number of hydrogen-bond acceptors (Lipinski definition) is 3. The highest BCUT2D eigenvalue weighted by Crippen LogP contribution is 2.32. The molecule has 1 aliphatic rings. The molecule has 6 heteroatoms. The zero-order valence-corrected chi connectivity index (χ0v) is 14.9. The Kier molecular flexibility index (Phi) is 4.41. The molecule has 24 heavy (non-hydrogen) atoms. The lowest BCUT2D eigenvalue weighted by atomic mass is 10.1. The number of amides is 1. The maximum atomic E-state index is 12.3. The molecule has 3 rings (SSSR count). The molecule has 0 radical (unpaired) electrons. The van der Waals surface area contributed by atoms with E-state index in [1.54, 1.807) is 6.08 Å². The Morgan fingerprint density at radius 1 is 1.25 bits per heavy atom. The van der Waals surface area contributed by atoms with Gasteiger partial charge in [0, 0.05) is 22.4 Å². The summed E-state index contributed by atoms with van der Waals surface area (Å²) in [7, 11) is -0.927. The molecule has 0 bridgehead atoms. The van der Waals surface area contributed by atoms with E-state index in [9.17, 15) is 9.00 Å². The van der Waals surface area contributed by atoms with E-state index < -0.39 is 10.8 Å². The summed E-state index contributed by atoms with van der Waals surface area (Å²) in [5.74, 6) is 1.35. The van der Waals surface area contributed by atoms with Crippen molar-refractivity contribution < 1.29 is 9.00 Å². The average molecular weight is 343 g/mol. The summed E-state index contributed by atoms with van der Waals surface area (Å²) in [6.07, 6.45) is 3.28. The smallest absolute Gasteiger partial charge is 0.249 e. The predicted octanol–water partition coefficient (Wildman–Crippen LogP) is 3.05. The lowest BCUT2D eigenvalue weighted by Crippen LogP contribution is -2.27. The standard InChI is InChI=1S/C18H21N3O2S/c1-18(2,3)21-17(14-11-24(23)12-15(14)20-21)19-16(22)10-9-13-7-5-4-6-8-13/h4-10H,11-12H2,1-3H3,(H,19,22)/t24-/m0/s1. The van der Waals surface area contributed by atoms with E-state index in [0.717, 1.165) is 16.8 Å². The number of aromatic nitrogens is 2. The van der Waals surface area contributed by atoms with E-state index in [1.807, 2.05) is 55.8 Å². The lowest BCUT2D eigenvalue weighted by molar-refractivity contribution is -0.111. The fraction of sp³-hybridized carbons (Fsp3) is 0.333. The Morgan fingerprint density at radius 2 is 1.96 bits per heavy atom. The van der Waals surface area contributed by atoms with Crippen molar-refractivity contribution in [1.29, 1.82) is 0 Å². The van der Waals surface area contributed by atoms with Crippen molar-refractivity contribution in [3.63, 3.8) is 0 Å². The van der Waals surface area contributed by atoms with Gasteiger partial charge in [-0.15, -0.1) is 0 Å². The number of nitrogens with one attached hydrogen (secondary N) is 1. The topological polar surface area (TPSA) is 64.0 Å². The van der Waals surface area contributed by atoms with Crippen LogP contribution in [0.3, 0.4) is 0 Å². The zero-order valence-electron chi connectivity index (χ0n) is 14.1. The van der Waals surface area contributed by atoms with E-state index in [1.165, 1.54) is 6.08 Å². The first-order valence-electron chi connectivity index (χ1n) is 7.85. The van der Waals surface area contributed by atoms with E-state index >= 15 is 0 Å². The molecule has 2 aromatic rings. The molecule has 5 nitrogen and oxygen atoms in total. The van der Waals surface area contributed by atoms with Gasteiger partial charge in [0.05, 0.1) is 22.7 Å². The monoisotopic (exact) mass is 343 g/mol. The number of carbonyl (C=O) groups is 1. The molecule has 0 fully saturated rings. The summed E-state index contributed by atoms with van der Waals surface area (Å²) >= 11 is 0. The lowest BCUT2D eigenvalue weighted by Gasteiger charge is -2.23. The van der Waals surface area contributed by atoms with Crippen LogP contribution in [0.4, 0.5) is 5.82 Å². The molecule has 0 saturated heterocycles. The number of carbonyl (C=O) groups excluding carboxylic acids is 1. The quantitative estimate of drug-likeness (QED) is 0.871. The van der Waals surface area contributed by atoms with Gasteiger partial charge in [-0.05, 0) is 32.4 Å². The fourth-order valence-electron chi connectivity index (χ4n) is 2.64. The molecular formula is C18H21N3O2S. The van der Waals surface area contributed by atoms with Gasteiger partial charge in [-0.25, -0.2) is 4.68 Å². The number of rotatable bonds is 3. The molecule has 1 N–H and O–H groups in total. The first-order valence-corrected chi connectivity index (χ1v) is 9.34. The van der Waals surface area contributed by atoms with Crippen LogP contribution in [0.1, 0.15) is 37.6 Å². The van der Waals surface area contributed by atoms with Crippen LogP contribution in [0.5, 0.6) is 0 Å². The van der Waals surface area contributed by atoms with Gasteiger partial charge in [0.15, 0.2) is 0 Å². The van der Waals surface area contributed by atoms with Crippen LogP contribution in [-0.4, -0.2) is 19.9 Å². The van der Waals surface area contributed by atoms with Crippen molar-refractivity contribution in [2.75, 3.05) is 5.32 Å². The maximum absolute atomic E-state index is 12.3. The molecule has 1 aromatic carbocycles. The average Bonchev–Trinajstić information content (AvgIpc) is 3.03. The molecular weight excluding hydrogens is 322 g/mol. The molecule has 1 amide bonds. The van der Waals surface area contributed by atoms with E-state index in [2.05, 4.69) is 10.4 Å². The second kappa shape index (κ2) is 6.36. The number of benzene rings is 1. The maximum Gasteiger partial charge on any atom is 0.249 e. The van der Waals surface area contributed by atoms with Gasteiger partial charge in [0.1, 0.15) is 5.82 Å². The van der Waals surface area contributed by atoms with Crippen LogP contribution in [0, 0.1) is 0 Å². The minimum atomic E-state index is -0.927. The predicted molar refractivity (Wildman–Crippen MR) is 96.9 cm³/mol. The Bertz CT molecular complexity index is 817. The van der Waals surface area contributed by atoms with Crippen molar-refractivity contribution in [1.82, 2.24) is 9.78 Å². The van der Waals surface area contributed by atoms with E-state index in [4.69, 9.17) is 0 Å². The third kappa shape index (κ3) is 3.48. The van der Waals surface area contributed by atoms with Crippen LogP contribution in [0.15, 0.2) is 36.4 Å². The molecule has 1 atom stereocenters. The zero-order chi connectivity index (χ0) is 17.3. The Morgan fingerprint density at radius 3 is 2.62 bits per heavy atom. The molecule has 2 heterocycles. The second-order valence-electron chi connectivity index (χ2n) is 6.82. The van der Waals surface area contributed by atoms with Crippen molar-refractivity contribution in [2.45, 2.75) is 37.8 Å². The highest BCUT2D eigenvalue weighted by atomic mass is 32.2. The Balaban J connectivity index is 1.85. The first kappa shape index (κ1) is 16.6. The normalized spacial score (nSPS) is 17.2. The molecule has 1 aromatic heterocycles. The Hall–Kier alpha value is -2.21. The number of anilines is 1.